The minimum atomic E-state index is -1.17. The van der Waals surface area contributed by atoms with E-state index in [1.807, 2.05) is 36.4 Å². The predicted octanol–water partition coefficient (Wildman–Crippen LogP) is 2.84. The molecule has 214 valence electrons. The van der Waals surface area contributed by atoms with Gasteiger partial charge >= 0.3 is 12.1 Å². The number of carbonyl (C=O) groups is 5. The van der Waals surface area contributed by atoms with Crippen LogP contribution in [0.2, 0.25) is 0 Å². The number of nitrogens with zero attached hydrogens (tertiary/aromatic N) is 1. The molecular weight excluding hydrogens is 534 g/mol. The monoisotopic (exact) mass is 569 g/mol. The van der Waals surface area contributed by atoms with Crippen LogP contribution in [0, 0.1) is 0 Å². The van der Waals surface area contributed by atoms with E-state index in [0.717, 1.165) is 11.1 Å². The summed E-state index contributed by atoms with van der Waals surface area (Å²) in [4.78, 5) is 65.8. The van der Waals surface area contributed by atoms with Gasteiger partial charge in [0.1, 0.15) is 24.7 Å². The average molecular weight is 570 g/mol. The highest BCUT2D eigenvalue weighted by atomic mass is 32.2. The van der Waals surface area contributed by atoms with Crippen LogP contribution in [0.3, 0.4) is 0 Å². The summed E-state index contributed by atoms with van der Waals surface area (Å²) in [6.45, 7) is 5.06. The topological polar surface area (TPSA) is 131 Å². The summed E-state index contributed by atoms with van der Waals surface area (Å²) in [7, 11) is 0. The Bertz CT molecular complexity index is 1180. The lowest BCUT2D eigenvalue weighted by Gasteiger charge is -2.28. The number of alkyl carbamates (subject to hydrolysis) is 1. The summed E-state index contributed by atoms with van der Waals surface area (Å²) in [5.74, 6) is -2.37. The van der Waals surface area contributed by atoms with Crippen LogP contribution >= 0.6 is 11.8 Å². The maximum absolute atomic E-state index is 13.4. The van der Waals surface area contributed by atoms with Crippen molar-refractivity contribution < 1.29 is 33.4 Å². The third-order valence-electron chi connectivity index (χ3n) is 6.14. The minimum Gasteiger partial charge on any atom is -0.457 e. The van der Waals surface area contributed by atoms with Gasteiger partial charge in [0, 0.05) is 12.2 Å². The molecule has 3 amide bonds. The standard InChI is InChI=1S/C29H35N3O7S/c1-4-22(31-29(37)38-16-21-13-9-6-10-14-21)27(35)32-18-40-17-24(32)26(34)30-23(15-20-11-7-5-8-12-20)25(33)28(36)39-19(2)3/h5-14,19,22-24H,4,15-18H2,1-3H3,(H,30,34)(H,31,37)/t22-,23-,24-/m0/s1. The Kier molecular flexibility index (Phi) is 11.6. The fraction of sp³-hybridized carbons (Fsp3) is 0.414. The minimum absolute atomic E-state index is 0.0535. The Labute approximate surface area is 238 Å². The van der Waals surface area contributed by atoms with Crippen molar-refractivity contribution in [2.75, 3.05) is 11.6 Å². The Balaban J connectivity index is 1.66. The summed E-state index contributed by atoms with van der Waals surface area (Å²) in [5, 5.41) is 5.26. The van der Waals surface area contributed by atoms with Crippen LogP contribution in [0.4, 0.5) is 4.79 Å². The molecule has 1 fully saturated rings. The zero-order chi connectivity index (χ0) is 29.1. The maximum Gasteiger partial charge on any atom is 0.408 e. The second kappa shape index (κ2) is 15.1. The van der Waals surface area contributed by atoms with Crippen molar-refractivity contribution in [3.63, 3.8) is 0 Å². The molecule has 1 saturated heterocycles. The second-order valence-electron chi connectivity index (χ2n) is 9.56. The molecule has 2 aromatic carbocycles. The van der Waals surface area contributed by atoms with Crippen molar-refractivity contribution in [1.29, 1.82) is 0 Å². The highest BCUT2D eigenvalue weighted by molar-refractivity contribution is 7.99. The van der Waals surface area contributed by atoms with Crippen molar-refractivity contribution in [1.82, 2.24) is 15.5 Å². The number of thioether (sulfide) groups is 1. The van der Waals surface area contributed by atoms with Crippen molar-refractivity contribution >= 4 is 41.4 Å². The number of benzene rings is 2. The third-order valence-corrected chi connectivity index (χ3v) is 7.15. The molecular formula is C29H35N3O7S. The molecule has 0 saturated carbocycles. The first-order valence-electron chi connectivity index (χ1n) is 13.1. The molecule has 0 unspecified atom stereocenters. The van der Waals surface area contributed by atoms with Crippen LogP contribution in [0.1, 0.15) is 38.3 Å². The first-order chi connectivity index (χ1) is 19.2. The first kappa shape index (κ1) is 30.7. The number of amides is 3. The molecule has 0 bridgehead atoms. The summed E-state index contributed by atoms with van der Waals surface area (Å²) in [5.41, 5.74) is 1.55. The van der Waals surface area contributed by atoms with E-state index in [4.69, 9.17) is 9.47 Å². The van der Waals surface area contributed by atoms with Crippen molar-refractivity contribution in [3.05, 3.63) is 71.8 Å². The number of hydrogen-bond donors (Lipinski definition) is 2. The molecule has 3 rings (SSSR count). The van der Waals surface area contributed by atoms with Crippen LogP contribution < -0.4 is 10.6 Å². The Morgan fingerprint density at radius 2 is 1.55 bits per heavy atom. The van der Waals surface area contributed by atoms with Gasteiger partial charge in [0.15, 0.2) is 0 Å². The smallest absolute Gasteiger partial charge is 0.408 e. The maximum atomic E-state index is 13.4. The van der Waals surface area contributed by atoms with E-state index in [1.54, 1.807) is 45.0 Å². The number of ether oxygens (including phenoxy) is 2. The number of hydrogen-bond acceptors (Lipinski definition) is 8. The highest BCUT2D eigenvalue weighted by Crippen LogP contribution is 2.23. The van der Waals surface area contributed by atoms with Gasteiger partial charge in [0.05, 0.1) is 12.0 Å². The first-order valence-corrected chi connectivity index (χ1v) is 14.3. The molecule has 11 heteroatoms. The summed E-state index contributed by atoms with van der Waals surface area (Å²) >= 11 is 1.38. The molecule has 40 heavy (non-hydrogen) atoms. The number of nitrogens with one attached hydrogen (secondary N) is 2. The van der Waals surface area contributed by atoms with Gasteiger partial charge < -0.3 is 25.0 Å². The van der Waals surface area contributed by atoms with E-state index < -0.39 is 53.9 Å². The molecule has 1 aliphatic heterocycles. The summed E-state index contributed by atoms with van der Waals surface area (Å²) in [6, 6.07) is 15.2. The van der Waals surface area contributed by atoms with Gasteiger partial charge in [0.2, 0.25) is 11.8 Å². The largest absolute Gasteiger partial charge is 0.457 e. The molecule has 2 aromatic rings. The molecule has 0 aromatic heterocycles. The van der Waals surface area contributed by atoms with E-state index in [2.05, 4.69) is 10.6 Å². The Hall–Kier alpha value is -3.86. The molecule has 0 radical (unpaired) electrons. The zero-order valence-electron chi connectivity index (χ0n) is 22.8. The molecule has 1 heterocycles. The van der Waals surface area contributed by atoms with Gasteiger partial charge in [-0.15, -0.1) is 11.8 Å². The van der Waals surface area contributed by atoms with Gasteiger partial charge in [-0.05, 0) is 31.4 Å². The van der Waals surface area contributed by atoms with Crippen LogP contribution in [-0.2, 0) is 41.7 Å². The lowest BCUT2D eigenvalue weighted by atomic mass is 10.0. The number of ketones is 1. The summed E-state index contributed by atoms with van der Waals surface area (Å²) < 4.78 is 10.3. The fourth-order valence-corrected chi connectivity index (χ4v) is 5.23. The van der Waals surface area contributed by atoms with Crippen molar-refractivity contribution in [2.45, 2.75) is 64.4 Å². The van der Waals surface area contributed by atoms with Gasteiger partial charge in [-0.25, -0.2) is 9.59 Å². The van der Waals surface area contributed by atoms with Crippen LogP contribution in [0.15, 0.2) is 60.7 Å². The van der Waals surface area contributed by atoms with E-state index in [0.29, 0.717) is 5.75 Å². The normalized spacial score (nSPS) is 16.1. The van der Waals surface area contributed by atoms with E-state index >= 15 is 0 Å². The molecule has 1 aliphatic rings. The van der Waals surface area contributed by atoms with Crippen LogP contribution in [0.5, 0.6) is 0 Å². The SMILES string of the molecule is CC[C@H](NC(=O)OCc1ccccc1)C(=O)N1CSC[C@H]1C(=O)N[C@@H](Cc1ccccc1)C(=O)C(=O)OC(C)C. The Morgan fingerprint density at radius 3 is 2.15 bits per heavy atom. The predicted molar refractivity (Wildman–Crippen MR) is 150 cm³/mol. The zero-order valence-corrected chi connectivity index (χ0v) is 23.6. The van der Waals surface area contributed by atoms with Gasteiger partial charge in [-0.1, -0.05) is 67.6 Å². The highest BCUT2D eigenvalue weighted by Gasteiger charge is 2.40. The van der Waals surface area contributed by atoms with Crippen LogP contribution in [-0.4, -0.2) is 70.4 Å². The average Bonchev–Trinajstić information content (AvgIpc) is 3.45. The fourth-order valence-electron chi connectivity index (χ4n) is 4.06. The molecule has 2 N–H and O–H groups in total. The molecule has 10 nitrogen and oxygen atoms in total. The van der Waals surface area contributed by atoms with E-state index in [1.165, 1.54) is 16.7 Å². The molecule has 0 spiro atoms. The summed E-state index contributed by atoms with van der Waals surface area (Å²) in [6.07, 6.45) is -0.875. The lowest BCUT2D eigenvalue weighted by molar-refractivity contribution is -0.158. The van der Waals surface area contributed by atoms with Crippen LogP contribution in [0.25, 0.3) is 0 Å². The number of rotatable bonds is 12. The van der Waals surface area contributed by atoms with Gasteiger partial charge in [0.25, 0.3) is 5.78 Å². The second-order valence-corrected chi connectivity index (χ2v) is 10.6. The Morgan fingerprint density at radius 1 is 0.925 bits per heavy atom. The number of carbonyl (C=O) groups excluding carboxylic acids is 5. The van der Waals surface area contributed by atoms with E-state index in [9.17, 15) is 24.0 Å². The quantitative estimate of drug-likeness (QED) is 0.295. The van der Waals surface area contributed by atoms with E-state index in [-0.39, 0.29) is 25.3 Å². The van der Waals surface area contributed by atoms with Gasteiger partial charge in [-0.3, -0.25) is 14.4 Å². The number of esters is 1. The third kappa shape index (κ3) is 8.84. The number of Topliss-reactive ketones (excluding diaryl/α,β-unsaturated/α-hetero) is 1. The van der Waals surface area contributed by atoms with Gasteiger partial charge in [-0.2, -0.15) is 0 Å². The molecule has 3 atom stereocenters. The van der Waals surface area contributed by atoms with Crippen molar-refractivity contribution in [3.8, 4) is 0 Å². The van der Waals surface area contributed by atoms with Crippen molar-refractivity contribution in [2.24, 2.45) is 0 Å². The lowest BCUT2D eigenvalue weighted by Crippen LogP contribution is -2.56. The molecule has 0 aliphatic carbocycles.